The molecule has 0 bridgehead atoms. The maximum Gasteiger partial charge on any atom is 0.336 e. The standard InChI is InChI=1S/C11H14NO7P/c1-18-20(17,19-2)7-9-5-3-4-8(6-12(15)16)10(9)11(13)14/h3-5H,6-7H2,1-2H3,(H,13,14). The van der Waals surface area contributed by atoms with Gasteiger partial charge in [0.05, 0.1) is 11.7 Å². The molecule has 0 aliphatic carbocycles. The minimum Gasteiger partial charge on any atom is -0.478 e. The Hall–Kier alpha value is -1.76. The number of nitrogens with zero attached hydrogens (tertiary/aromatic N) is 1. The van der Waals surface area contributed by atoms with Crippen molar-refractivity contribution in [2.45, 2.75) is 12.7 Å². The number of aromatic carboxylic acids is 1. The van der Waals surface area contributed by atoms with E-state index >= 15 is 0 Å². The minimum atomic E-state index is -3.46. The second-order valence-electron chi connectivity index (χ2n) is 3.88. The van der Waals surface area contributed by atoms with Gasteiger partial charge in [-0.25, -0.2) is 4.79 Å². The van der Waals surface area contributed by atoms with Crippen molar-refractivity contribution in [3.63, 3.8) is 0 Å². The molecule has 8 nitrogen and oxygen atoms in total. The van der Waals surface area contributed by atoms with Gasteiger partial charge in [-0.1, -0.05) is 18.2 Å². The first-order valence-electron chi connectivity index (χ1n) is 5.49. The number of benzene rings is 1. The summed E-state index contributed by atoms with van der Waals surface area (Å²) in [5, 5.41) is 19.8. The number of hydrogen-bond donors (Lipinski definition) is 1. The van der Waals surface area contributed by atoms with Crippen LogP contribution in [0.3, 0.4) is 0 Å². The van der Waals surface area contributed by atoms with Gasteiger partial charge in [-0.2, -0.15) is 0 Å². The van der Waals surface area contributed by atoms with Crippen LogP contribution in [-0.4, -0.2) is 30.2 Å². The molecule has 110 valence electrons. The van der Waals surface area contributed by atoms with E-state index < -0.39 is 25.0 Å². The second-order valence-corrected chi connectivity index (χ2v) is 6.15. The van der Waals surface area contributed by atoms with E-state index in [1.807, 2.05) is 0 Å². The number of carboxylic acids is 1. The molecule has 0 aliphatic rings. The Morgan fingerprint density at radius 1 is 1.35 bits per heavy atom. The Kier molecular flexibility index (Phi) is 5.38. The molecule has 0 aromatic heterocycles. The molecule has 0 unspecified atom stereocenters. The van der Waals surface area contributed by atoms with Gasteiger partial charge in [0.2, 0.25) is 6.54 Å². The first kappa shape index (κ1) is 16.3. The van der Waals surface area contributed by atoms with Crippen LogP contribution in [0.1, 0.15) is 21.5 Å². The lowest BCUT2D eigenvalue weighted by Gasteiger charge is -2.15. The fraction of sp³-hybridized carbons (Fsp3) is 0.364. The summed E-state index contributed by atoms with van der Waals surface area (Å²) in [6.45, 7) is -0.625. The third kappa shape index (κ3) is 3.86. The predicted molar refractivity (Wildman–Crippen MR) is 69.4 cm³/mol. The highest BCUT2D eigenvalue weighted by Crippen LogP contribution is 2.50. The van der Waals surface area contributed by atoms with Crippen molar-refractivity contribution in [1.82, 2.24) is 0 Å². The molecule has 0 amide bonds. The quantitative estimate of drug-likeness (QED) is 0.466. The lowest BCUT2D eigenvalue weighted by molar-refractivity contribution is -0.496. The molecule has 0 fully saturated rings. The molecular weight excluding hydrogens is 289 g/mol. The van der Waals surface area contributed by atoms with Crippen LogP contribution < -0.4 is 0 Å². The smallest absolute Gasteiger partial charge is 0.336 e. The number of hydrogen-bond acceptors (Lipinski definition) is 6. The molecular formula is C11H14NO7P. The molecule has 1 rings (SSSR count). The summed E-state index contributed by atoms with van der Waals surface area (Å²) in [7, 11) is -1.08. The molecule has 0 saturated heterocycles. The van der Waals surface area contributed by atoms with Gasteiger partial charge in [-0.15, -0.1) is 0 Å². The van der Waals surface area contributed by atoms with E-state index in [1.165, 1.54) is 32.4 Å². The van der Waals surface area contributed by atoms with E-state index in [-0.39, 0.29) is 22.9 Å². The number of nitro groups is 1. The molecule has 0 heterocycles. The van der Waals surface area contributed by atoms with E-state index in [0.29, 0.717) is 0 Å². The van der Waals surface area contributed by atoms with Crippen molar-refractivity contribution in [2.75, 3.05) is 14.2 Å². The summed E-state index contributed by atoms with van der Waals surface area (Å²) < 4.78 is 21.6. The van der Waals surface area contributed by atoms with Crippen LogP contribution in [0.15, 0.2) is 18.2 Å². The Morgan fingerprint density at radius 3 is 2.35 bits per heavy atom. The first-order chi connectivity index (χ1) is 9.33. The highest BCUT2D eigenvalue weighted by molar-refractivity contribution is 7.52. The van der Waals surface area contributed by atoms with Crippen molar-refractivity contribution >= 4 is 13.6 Å². The molecule has 0 aliphatic heterocycles. The maximum atomic E-state index is 12.1. The molecule has 0 radical (unpaired) electrons. The number of carboxylic acid groups (broad SMARTS) is 1. The minimum absolute atomic E-state index is 0.0405. The third-order valence-electron chi connectivity index (χ3n) is 2.67. The Labute approximate surface area is 115 Å². The number of carbonyl (C=O) groups is 1. The Balaban J connectivity index is 3.29. The van der Waals surface area contributed by atoms with Crippen LogP contribution in [0, 0.1) is 10.1 Å². The average Bonchev–Trinajstić information content (AvgIpc) is 2.37. The topological polar surface area (TPSA) is 116 Å². The van der Waals surface area contributed by atoms with E-state index in [2.05, 4.69) is 0 Å². The largest absolute Gasteiger partial charge is 0.478 e. The zero-order valence-corrected chi connectivity index (χ0v) is 11.8. The van der Waals surface area contributed by atoms with Crippen molar-refractivity contribution in [3.8, 4) is 0 Å². The van der Waals surface area contributed by atoms with Gasteiger partial charge in [0, 0.05) is 24.7 Å². The highest BCUT2D eigenvalue weighted by Gasteiger charge is 2.27. The van der Waals surface area contributed by atoms with E-state index in [4.69, 9.17) is 9.05 Å². The predicted octanol–water partition coefficient (Wildman–Crippen LogP) is 2.15. The maximum absolute atomic E-state index is 12.1. The highest BCUT2D eigenvalue weighted by atomic mass is 31.2. The monoisotopic (exact) mass is 303 g/mol. The summed E-state index contributed by atoms with van der Waals surface area (Å²) >= 11 is 0. The van der Waals surface area contributed by atoms with Gasteiger partial charge in [0.25, 0.3) is 0 Å². The lowest BCUT2D eigenvalue weighted by Crippen LogP contribution is -2.11. The zero-order chi connectivity index (χ0) is 15.3. The zero-order valence-electron chi connectivity index (χ0n) is 10.9. The van der Waals surface area contributed by atoms with Crippen LogP contribution in [-0.2, 0) is 26.3 Å². The molecule has 20 heavy (non-hydrogen) atoms. The molecule has 0 saturated carbocycles. The average molecular weight is 303 g/mol. The molecule has 0 atom stereocenters. The molecule has 1 aromatic carbocycles. The third-order valence-corrected chi connectivity index (χ3v) is 4.51. The SMILES string of the molecule is COP(=O)(Cc1cccc(C[N+](=O)[O-])c1C(=O)O)OC. The fourth-order valence-corrected chi connectivity index (χ4v) is 2.83. The van der Waals surface area contributed by atoms with E-state index in [0.717, 1.165) is 0 Å². The fourth-order valence-electron chi connectivity index (χ4n) is 1.74. The summed E-state index contributed by atoms with van der Waals surface area (Å²) in [4.78, 5) is 21.2. The summed E-state index contributed by atoms with van der Waals surface area (Å²) in [5.41, 5.74) is -0.0267. The summed E-state index contributed by atoms with van der Waals surface area (Å²) in [6, 6.07) is 4.24. The van der Waals surface area contributed by atoms with E-state index in [9.17, 15) is 24.6 Å². The Morgan fingerprint density at radius 2 is 1.90 bits per heavy atom. The van der Waals surface area contributed by atoms with Crippen LogP contribution in [0.2, 0.25) is 0 Å². The van der Waals surface area contributed by atoms with Gasteiger partial charge < -0.3 is 14.2 Å². The first-order valence-corrected chi connectivity index (χ1v) is 7.22. The normalized spacial score (nSPS) is 11.3. The Bertz CT molecular complexity index is 564. The lowest BCUT2D eigenvalue weighted by atomic mass is 10.0. The molecule has 1 aromatic rings. The number of rotatable bonds is 7. The molecule has 1 N–H and O–H groups in total. The van der Waals surface area contributed by atoms with Crippen LogP contribution in [0.25, 0.3) is 0 Å². The van der Waals surface area contributed by atoms with E-state index in [1.54, 1.807) is 0 Å². The van der Waals surface area contributed by atoms with Gasteiger partial charge in [0.15, 0.2) is 0 Å². The van der Waals surface area contributed by atoms with Gasteiger partial charge in [-0.3, -0.25) is 14.7 Å². The molecule has 9 heteroatoms. The summed E-state index contributed by atoms with van der Waals surface area (Å²) in [5.74, 6) is -1.32. The van der Waals surface area contributed by atoms with Crippen LogP contribution in [0.4, 0.5) is 0 Å². The van der Waals surface area contributed by atoms with Crippen molar-refractivity contribution in [2.24, 2.45) is 0 Å². The van der Waals surface area contributed by atoms with Crippen molar-refractivity contribution in [3.05, 3.63) is 45.0 Å². The van der Waals surface area contributed by atoms with Crippen LogP contribution in [0.5, 0.6) is 0 Å². The van der Waals surface area contributed by atoms with Gasteiger partial charge >= 0.3 is 13.6 Å². The summed E-state index contributed by atoms with van der Waals surface area (Å²) in [6.07, 6.45) is -0.271. The van der Waals surface area contributed by atoms with Crippen molar-refractivity contribution in [1.29, 1.82) is 0 Å². The van der Waals surface area contributed by atoms with Gasteiger partial charge in [0.1, 0.15) is 0 Å². The van der Waals surface area contributed by atoms with Crippen molar-refractivity contribution < 1.29 is 28.4 Å². The molecule has 0 spiro atoms. The van der Waals surface area contributed by atoms with Gasteiger partial charge in [-0.05, 0) is 5.56 Å². The van der Waals surface area contributed by atoms with Crippen LogP contribution >= 0.6 is 7.60 Å². The second kappa shape index (κ2) is 6.60.